The Morgan fingerprint density at radius 3 is 2.77 bits per heavy atom. The van der Waals surface area contributed by atoms with Crippen LogP contribution in [0.4, 0.5) is 0 Å². The van der Waals surface area contributed by atoms with Crippen molar-refractivity contribution in [2.45, 2.75) is 11.4 Å². The van der Waals surface area contributed by atoms with E-state index in [1.165, 1.54) is 16.8 Å². The fourth-order valence-corrected chi connectivity index (χ4v) is 4.84. The monoisotopic (exact) mass is 392 g/mol. The van der Waals surface area contributed by atoms with Crippen molar-refractivity contribution < 1.29 is 13.2 Å². The van der Waals surface area contributed by atoms with Gasteiger partial charge in [-0.25, -0.2) is 13.4 Å². The van der Waals surface area contributed by atoms with Crippen LogP contribution >= 0.6 is 11.7 Å². The number of fused-ring (bicyclic) bond motifs is 1. The lowest BCUT2D eigenvalue weighted by atomic mass is 10.1. The third kappa shape index (κ3) is 3.08. The highest BCUT2D eigenvalue weighted by molar-refractivity contribution is 7.89. The Kier molecular flexibility index (Phi) is 4.42. The first-order valence-corrected chi connectivity index (χ1v) is 10.2. The summed E-state index contributed by atoms with van der Waals surface area (Å²) in [6.07, 6.45) is 3.20. The van der Waals surface area contributed by atoms with Gasteiger partial charge in [-0.3, -0.25) is 4.79 Å². The fourth-order valence-electron chi connectivity index (χ4n) is 2.96. The number of amides is 1. The molecule has 3 heterocycles. The lowest BCUT2D eigenvalue weighted by Crippen LogP contribution is -2.37. The van der Waals surface area contributed by atoms with Gasteiger partial charge in [0.15, 0.2) is 5.03 Å². The summed E-state index contributed by atoms with van der Waals surface area (Å²) in [6, 6.07) is 5.24. The Morgan fingerprint density at radius 2 is 1.96 bits per heavy atom. The molecule has 0 bridgehead atoms. The van der Waals surface area contributed by atoms with E-state index in [9.17, 15) is 13.2 Å². The molecule has 1 amide bonds. The van der Waals surface area contributed by atoms with Crippen LogP contribution in [0.25, 0.3) is 11.0 Å². The van der Waals surface area contributed by atoms with Crippen molar-refractivity contribution in [3.63, 3.8) is 0 Å². The summed E-state index contributed by atoms with van der Waals surface area (Å²) >= 11 is 1.11. The standard InChI is InChI=1S/C15H16N6O3S2/c22-15(11-2-3-12-13(8-11)19-25-18-12)20-4-1-5-21(7-6-20)26(23,24)14-9-16-10-17-14/h2-3,8-10H,1,4-7H2,(H,16,17). The summed E-state index contributed by atoms with van der Waals surface area (Å²) in [4.78, 5) is 20.9. The minimum Gasteiger partial charge on any atom is -0.337 e. The maximum Gasteiger partial charge on any atom is 0.260 e. The van der Waals surface area contributed by atoms with Crippen molar-refractivity contribution in [2.24, 2.45) is 0 Å². The Bertz CT molecular complexity index is 1030. The molecule has 9 nitrogen and oxygen atoms in total. The number of imidazole rings is 1. The Hall–Kier alpha value is -2.37. The second kappa shape index (κ2) is 6.74. The van der Waals surface area contributed by atoms with Gasteiger partial charge in [0, 0.05) is 31.7 Å². The van der Waals surface area contributed by atoms with Crippen molar-refractivity contribution in [3.8, 4) is 0 Å². The van der Waals surface area contributed by atoms with E-state index in [1.54, 1.807) is 23.1 Å². The highest BCUT2D eigenvalue weighted by Gasteiger charge is 2.29. The number of nitrogens with one attached hydrogen (secondary N) is 1. The fraction of sp³-hybridized carbons (Fsp3) is 0.333. The number of rotatable bonds is 3. The van der Waals surface area contributed by atoms with E-state index in [2.05, 4.69) is 18.7 Å². The first-order valence-electron chi connectivity index (χ1n) is 8.06. The zero-order valence-corrected chi connectivity index (χ0v) is 15.3. The molecule has 1 saturated heterocycles. The molecule has 4 rings (SSSR count). The van der Waals surface area contributed by atoms with E-state index in [0.717, 1.165) is 17.2 Å². The van der Waals surface area contributed by atoms with Crippen molar-refractivity contribution >= 4 is 38.7 Å². The molecule has 1 aliphatic heterocycles. The molecule has 3 aromatic rings. The quantitative estimate of drug-likeness (QED) is 0.710. The largest absolute Gasteiger partial charge is 0.337 e. The molecule has 0 unspecified atom stereocenters. The maximum atomic E-state index is 12.8. The molecule has 0 saturated carbocycles. The molecule has 0 spiro atoms. The van der Waals surface area contributed by atoms with Crippen LogP contribution in [-0.4, -0.2) is 68.4 Å². The minimum atomic E-state index is -3.62. The van der Waals surface area contributed by atoms with Gasteiger partial charge in [0.2, 0.25) is 0 Å². The molecule has 26 heavy (non-hydrogen) atoms. The number of carbonyl (C=O) groups is 1. The average Bonchev–Trinajstić information content (AvgIpc) is 3.27. The van der Waals surface area contributed by atoms with E-state index in [4.69, 9.17) is 0 Å². The number of aromatic amines is 1. The molecular weight excluding hydrogens is 376 g/mol. The third-order valence-corrected chi connectivity index (χ3v) is 6.71. The van der Waals surface area contributed by atoms with E-state index >= 15 is 0 Å². The van der Waals surface area contributed by atoms with Crippen molar-refractivity contribution in [2.75, 3.05) is 26.2 Å². The normalized spacial score (nSPS) is 16.7. The van der Waals surface area contributed by atoms with E-state index in [0.29, 0.717) is 37.1 Å². The number of benzene rings is 1. The van der Waals surface area contributed by atoms with Gasteiger partial charge in [0.1, 0.15) is 11.0 Å². The summed E-state index contributed by atoms with van der Waals surface area (Å²) in [5, 5.41) is 0.0683. The molecule has 1 aromatic carbocycles. The highest BCUT2D eigenvalue weighted by atomic mass is 32.2. The first kappa shape index (κ1) is 17.1. The zero-order valence-electron chi connectivity index (χ0n) is 13.7. The number of sulfonamides is 1. The van der Waals surface area contributed by atoms with E-state index in [1.807, 2.05) is 0 Å². The number of aromatic nitrogens is 4. The lowest BCUT2D eigenvalue weighted by molar-refractivity contribution is 0.0764. The summed E-state index contributed by atoms with van der Waals surface area (Å²) in [7, 11) is -3.62. The summed E-state index contributed by atoms with van der Waals surface area (Å²) in [6.45, 7) is 1.44. The smallest absolute Gasteiger partial charge is 0.260 e. The molecule has 0 radical (unpaired) electrons. The van der Waals surface area contributed by atoms with Gasteiger partial charge in [-0.05, 0) is 24.6 Å². The predicted molar refractivity (Wildman–Crippen MR) is 95.3 cm³/mol. The maximum absolute atomic E-state index is 12.8. The van der Waals surface area contributed by atoms with Crippen LogP contribution in [0.1, 0.15) is 16.8 Å². The molecule has 0 aliphatic carbocycles. The van der Waals surface area contributed by atoms with Gasteiger partial charge >= 0.3 is 0 Å². The van der Waals surface area contributed by atoms with Crippen molar-refractivity contribution in [1.82, 2.24) is 27.9 Å². The Balaban J connectivity index is 1.50. The van der Waals surface area contributed by atoms with Crippen LogP contribution in [0.5, 0.6) is 0 Å². The van der Waals surface area contributed by atoms with Gasteiger partial charge in [-0.2, -0.15) is 13.1 Å². The van der Waals surface area contributed by atoms with Gasteiger partial charge in [-0.1, -0.05) is 0 Å². The van der Waals surface area contributed by atoms with Crippen molar-refractivity contribution in [3.05, 3.63) is 36.3 Å². The highest BCUT2D eigenvalue weighted by Crippen LogP contribution is 2.18. The van der Waals surface area contributed by atoms with Crippen molar-refractivity contribution in [1.29, 1.82) is 0 Å². The zero-order chi connectivity index (χ0) is 18.1. The number of hydrogen-bond donors (Lipinski definition) is 1. The van der Waals surface area contributed by atoms with Crippen LogP contribution in [0.15, 0.2) is 35.7 Å². The topological polar surface area (TPSA) is 112 Å². The molecule has 1 aliphatic rings. The predicted octanol–water partition coefficient (Wildman–Crippen LogP) is 0.951. The molecule has 0 atom stereocenters. The van der Waals surface area contributed by atoms with Crippen LogP contribution in [-0.2, 0) is 10.0 Å². The van der Waals surface area contributed by atoms with Gasteiger partial charge < -0.3 is 9.88 Å². The average molecular weight is 392 g/mol. The Labute approximate surface area is 154 Å². The summed E-state index contributed by atoms with van der Waals surface area (Å²) in [5.74, 6) is -0.124. The summed E-state index contributed by atoms with van der Waals surface area (Å²) in [5.41, 5.74) is 1.99. The lowest BCUT2D eigenvalue weighted by Gasteiger charge is -2.21. The molecule has 2 aromatic heterocycles. The second-order valence-electron chi connectivity index (χ2n) is 5.93. The van der Waals surface area contributed by atoms with Gasteiger partial charge in [0.05, 0.1) is 24.3 Å². The number of carbonyl (C=O) groups excluding carboxylic acids is 1. The second-order valence-corrected chi connectivity index (χ2v) is 8.37. The molecule has 136 valence electrons. The van der Waals surface area contributed by atoms with Gasteiger partial charge in [-0.15, -0.1) is 0 Å². The minimum absolute atomic E-state index is 0.0683. The number of H-pyrrole nitrogens is 1. The first-order chi connectivity index (χ1) is 12.6. The van der Waals surface area contributed by atoms with Crippen LogP contribution in [0, 0.1) is 0 Å². The van der Waals surface area contributed by atoms with E-state index < -0.39 is 10.0 Å². The van der Waals surface area contributed by atoms with Crippen LogP contribution in [0.2, 0.25) is 0 Å². The molecule has 1 N–H and O–H groups in total. The van der Waals surface area contributed by atoms with Gasteiger partial charge in [0.25, 0.3) is 15.9 Å². The molecule has 1 fully saturated rings. The van der Waals surface area contributed by atoms with E-state index in [-0.39, 0.29) is 17.5 Å². The van der Waals surface area contributed by atoms with Crippen LogP contribution < -0.4 is 0 Å². The number of hydrogen-bond acceptors (Lipinski definition) is 7. The number of nitrogens with zero attached hydrogens (tertiary/aromatic N) is 5. The van der Waals surface area contributed by atoms with Crippen LogP contribution in [0.3, 0.4) is 0 Å². The molecule has 11 heteroatoms. The molecular formula is C15H16N6O3S2. The third-order valence-electron chi connectivity index (χ3n) is 4.33. The summed E-state index contributed by atoms with van der Waals surface area (Å²) < 4.78 is 34.9. The SMILES string of the molecule is O=C(c1ccc2nsnc2c1)N1CCCN(S(=O)(=O)c2cnc[nH]2)CC1. The Morgan fingerprint density at radius 1 is 1.12 bits per heavy atom.